The minimum Gasteiger partial charge on any atom is -0.772 e. The van der Waals surface area contributed by atoms with E-state index in [1.807, 2.05) is 0 Å². The third-order valence-corrected chi connectivity index (χ3v) is 2.15. The molecule has 62 valence electrons. The van der Waals surface area contributed by atoms with Gasteiger partial charge in [0.2, 0.25) is 0 Å². The highest BCUT2D eigenvalue weighted by Crippen LogP contribution is 2.14. The molecule has 0 radical (unpaired) electrons. The third kappa shape index (κ3) is 1.30. The molecule has 0 spiro atoms. The second kappa shape index (κ2) is 2.68. The molecule has 0 saturated carbocycles. The summed E-state index contributed by atoms with van der Waals surface area (Å²) in [5.41, 5.74) is 0. The zero-order valence-corrected chi connectivity index (χ0v) is 6.04. The van der Waals surface area contributed by atoms with Crippen molar-refractivity contribution in [2.24, 2.45) is 0 Å². The summed E-state index contributed by atoms with van der Waals surface area (Å²) in [6.45, 7) is 0. The molecule has 0 aromatic heterocycles. The molecular weight excluding hydrogens is 174 g/mol. The summed E-state index contributed by atoms with van der Waals surface area (Å²) in [5, 5.41) is 6.97. The molecule has 1 aliphatic rings. The Morgan fingerprint density at radius 1 is 1.64 bits per heavy atom. The van der Waals surface area contributed by atoms with E-state index in [1.165, 1.54) is 0 Å². The molecule has 2 unspecified atom stereocenters. The number of hydrogen-bond acceptors (Lipinski definition) is 5. The summed E-state index contributed by atoms with van der Waals surface area (Å²) < 4.78 is 20.4. The van der Waals surface area contributed by atoms with Gasteiger partial charge in [0.1, 0.15) is 5.25 Å². The quantitative estimate of drug-likeness (QED) is 0.295. The lowest BCUT2D eigenvalue weighted by Gasteiger charge is -2.09. The van der Waals surface area contributed by atoms with Crippen LogP contribution in [0.5, 0.6) is 0 Å². The van der Waals surface area contributed by atoms with Crippen LogP contribution < -0.4 is 0 Å². The number of carbonyl (C=O) groups excluding carboxylic acids is 2. The van der Waals surface area contributed by atoms with E-state index in [9.17, 15) is 18.4 Å². The van der Waals surface area contributed by atoms with Crippen molar-refractivity contribution in [1.82, 2.24) is 5.06 Å². The van der Waals surface area contributed by atoms with E-state index >= 15 is 0 Å². The normalized spacial score (nSPS) is 27.8. The lowest BCUT2D eigenvalue weighted by atomic mass is 10.4. The van der Waals surface area contributed by atoms with Gasteiger partial charge in [0, 0.05) is 0 Å². The molecule has 0 aliphatic carbocycles. The molecule has 2 amide bonds. The maximum absolute atomic E-state index is 10.6. The molecule has 0 bridgehead atoms. The van der Waals surface area contributed by atoms with Crippen LogP contribution in [0.15, 0.2) is 0 Å². The first-order chi connectivity index (χ1) is 5.04. The second-order valence-corrected chi connectivity index (χ2v) is 3.09. The predicted octanol–water partition coefficient (Wildman–Crippen LogP) is -1.62. The van der Waals surface area contributed by atoms with Crippen molar-refractivity contribution >= 4 is 22.9 Å². The Labute approximate surface area is 64.0 Å². The average Bonchev–Trinajstić information content (AvgIpc) is 2.17. The van der Waals surface area contributed by atoms with Crippen molar-refractivity contribution in [2.75, 3.05) is 0 Å². The van der Waals surface area contributed by atoms with E-state index in [4.69, 9.17) is 5.21 Å². The van der Waals surface area contributed by atoms with Gasteiger partial charge in [-0.25, -0.2) is 0 Å². The number of carbonyl (C=O) groups is 2. The standard InChI is InChI=1S/C4H5NO5S/c6-3-1-2(11(9)10)4(7)5(3)8/h2,8H,1H2,(H,9,10)/p-1. The highest BCUT2D eigenvalue weighted by Gasteiger charge is 2.38. The summed E-state index contributed by atoms with van der Waals surface area (Å²) in [7, 11) is 0. The first-order valence-electron chi connectivity index (χ1n) is 2.67. The minimum atomic E-state index is -2.63. The zero-order chi connectivity index (χ0) is 8.59. The van der Waals surface area contributed by atoms with E-state index in [2.05, 4.69) is 0 Å². The molecule has 1 heterocycles. The Bertz CT molecular complexity index is 239. The molecule has 0 aromatic rings. The van der Waals surface area contributed by atoms with Gasteiger partial charge in [0.15, 0.2) is 0 Å². The van der Waals surface area contributed by atoms with E-state index < -0.39 is 34.6 Å². The predicted molar refractivity (Wildman–Crippen MR) is 31.0 cm³/mol. The molecule has 7 heteroatoms. The monoisotopic (exact) mass is 178 g/mol. The van der Waals surface area contributed by atoms with Crippen molar-refractivity contribution in [1.29, 1.82) is 0 Å². The van der Waals surface area contributed by atoms with Crippen LogP contribution >= 0.6 is 0 Å². The smallest absolute Gasteiger partial charge is 0.268 e. The number of hydrogen-bond donors (Lipinski definition) is 1. The first kappa shape index (κ1) is 8.31. The summed E-state index contributed by atoms with van der Waals surface area (Å²) in [6, 6.07) is 0. The minimum absolute atomic E-state index is 0.166. The molecule has 1 fully saturated rings. The lowest BCUT2D eigenvalue weighted by molar-refractivity contribution is -0.170. The van der Waals surface area contributed by atoms with E-state index in [1.54, 1.807) is 0 Å². The van der Waals surface area contributed by atoms with Gasteiger partial charge in [-0.1, -0.05) is 0 Å². The number of imide groups is 1. The molecule has 1 N–H and O–H groups in total. The Morgan fingerprint density at radius 2 is 2.18 bits per heavy atom. The van der Waals surface area contributed by atoms with Gasteiger partial charge >= 0.3 is 0 Å². The number of rotatable bonds is 1. The number of amides is 2. The van der Waals surface area contributed by atoms with Crippen LogP contribution in [0, 0.1) is 0 Å². The van der Waals surface area contributed by atoms with Crippen LogP contribution in [-0.2, 0) is 20.7 Å². The van der Waals surface area contributed by atoms with Gasteiger partial charge in [-0.05, 0) is 11.1 Å². The summed E-state index contributed by atoms with van der Waals surface area (Å²) in [6.07, 6.45) is -0.467. The van der Waals surface area contributed by atoms with Gasteiger partial charge in [-0.15, -0.1) is 0 Å². The largest absolute Gasteiger partial charge is 0.772 e. The molecule has 11 heavy (non-hydrogen) atoms. The maximum Gasteiger partial charge on any atom is 0.268 e. The fourth-order valence-corrected chi connectivity index (χ4v) is 1.29. The lowest BCUT2D eigenvalue weighted by Crippen LogP contribution is -2.30. The molecule has 2 atom stereocenters. The number of hydroxylamine groups is 2. The van der Waals surface area contributed by atoms with Crippen LogP contribution in [0.4, 0.5) is 0 Å². The Kier molecular flexibility index (Phi) is 2.03. The first-order valence-corrected chi connectivity index (χ1v) is 3.81. The fourth-order valence-electron chi connectivity index (χ4n) is 0.742. The Morgan fingerprint density at radius 3 is 2.36 bits per heavy atom. The van der Waals surface area contributed by atoms with Crippen molar-refractivity contribution in [3.8, 4) is 0 Å². The van der Waals surface area contributed by atoms with Gasteiger partial charge in [-0.3, -0.25) is 19.0 Å². The SMILES string of the molecule is O=C1CC(S(=O)[O-])C(=O)N1O. The van der Waals surface area contributed by atoms with Gasteiger partial charge in [0.05, 0.1) is 6.42 Å². The fraction of sp³-hybridized carbons (Fsp3) is 0.500. The average molecular weight is 178 g/mol. The summed E-state index contributed by atoms with van der Waals surface area (Å²) in [5.74, 6) is -1.97. The van der Waals surface area contributed by atoms with E-state index in [0.717, 1.165) is 0 Å². The molecule has 1 aliphatic heterocycles. The van der Waals surface area contributed by atoms with Crippen molar-refractivity contribution in [3.63, 3.8) is 0 Å². The summed E-state index contributed by atoms with van der Waals surface area (Å²) in [4.78, 5) is 21.1. The Balaban J connectivity index is 2.83. The highest BCUT2D eigenvalue weighted by atomic mass is 32.2. The van der Waals surface area contributed by atoms with E-state index in [0.29, 0.717) is 0 Å². The van der Waals surface area contributed by atoms with Crippen molar-refractivity contribution in [3.05, 3.63) is 0 Å². The van der Waals surface area contributed by atoms with Crippen LogP contribution in [0.1, 0.15) is 6.42 Å². The van der Waals surface area contributed by atoms with Crippen LogP contribution in [0.3, 0.4) is 0 Å². The van der Waals surface area contributed by atoms with Crippen molar-refractivity contribution in [2.45, 2.75) is 11.7 Å². The van der Waals surface area contributed by atoms with Crippen LogP contribution in [0.2, 0.25) is 0 Å². The number of nitrogens with zero attached hydrogens (tertiary/aromatic N) is 1. The van der Waals surface area contributed by atoms with Gasteiger partial charge in [-0.2, -0.15) is 5.06 Å². The second-order valence-electron chi connectivity index (χ2n) is 2.00. The Hall–Kier alpha value is -0.790. The van der Waals surface area contributed by atoms with Crippen LogP contribution in [0.25, 0.3) is 0 Å². The maximum atomic E-state index is 10.6. The zero-order valence-electron chi connectivity index (χ0n) is 5.22. The van der Waals surface area contributed by atoms with E-state index in [-0.39, 0.29) is 5.06 Å². The van der Waals surface area contributed by atoms with Gasteiger partial charge in [0.25, 0.3) is 11.8 Å². The summed E-state index contributed by atoms with van der Waals surface area (Å²) >= 11 is -2.63. The van der Waals surface area contributed by atoms with Crippen molar-refractivity contribution < 1.29 is 23.6 Å². The highest BCUT2D eigenvalue weighted by molar-refractivity contribution is 7.80. The molecule has 0 aromatic carbocycles. The molecule has 1 saturated heterocycles. The third-order valence-electron chi connectivity index (χ3n) is 1.31. The topological polar surface area (TPSA) is 97.7 Å². The molecular formula is C4H4NO5S-. The molecule has 6 nitrogen and oxygen atoms in total. The van der Waals surface area contributed by atoms with Gasteiger partial charge < -0.3 is 4.55 Å². The van der Waals surface area contributed by atoms with Crippen LogP contribution in [-0.4, -0.2) is 36.1 Å². The molecule has 1 rings (SSSR count).